The van der Waals surface area contributed by atoms with Gasteiger partial charge in [0.15, 0.2) is 0 Å². The van der Waals surface area contributed by atoms with E-state index in [1.165, 1.54) is 11.1 Å². The third-order valence-corrected chi connectivity index (χ3v) is 2.58. The molecule has 0 aromatic heterocycles. The van der Waals surface area contributed by atoms with Gasteiger partial charge in [-0.25, -0.2) is 0 Å². The SMILES string of the molecule is Cc1ccc(CCC(=CCl)CN)cc1.Cl. The van der Waals surface area contributed by atoms with Crippen LogP contribution in [0, 0.1) is 6.92 Å². The highest BCUT2D eigenvalue weighted by molar-refractivity contribution is 6.25. The Morgan fingerprint density at radius 1 is 1.33 bits per heavy atom. The number of rotatable bonds is 4. The molecule has 0 aliphatic rings. The lowest BCUT2D eigenvalue weighted by molar-refractivity contribution is 0.906. The van der Waals surface area contributed by atoms with Crippen molar-refractivity contribution in [2.24, 2.45) is 5.73 Å². The summed E-state index contributed by atoms with van der Waals surface area (Å²) < 4.78 is 0. The van der Waals surface area contributed by atoms with Gasteiger partial charge in [-0.05, 0) is 30.9 Å². The molecule has 1 aromatic carbocycles. The van der Waals surface area contributed by atoms with Crippen LogP contribution >= 0.6 is 24.0 Å². The van der Waals surface area contributed by atoms with Gasteiger partial charge in [0.25, 0.3) is 0 Å². The number of nitrogens with two attached hydrogens (primary N) is 1. The highest BCUT2D eigenvalue weighted by Gasteiger charge is 1.96. The number of hydrogen-bond donors (Lipinski definition) is 1. The van der Waals surface area contributed by atoms with Crippen LogP contribution in [0.3, 0.4) is 0 Å². The van der Waals surface area contributed by atoms with Crippen molar-refractivity contribution in [2.75, 3.05) is 6.54 Å². The molecule has 0 heterocycles. The smallest absolute Gasteiger partial charge is 0.0148 e. The van der Waals surface area contributed by atoms with E-state index in [2.05, 4.69) is 31.2 Å². The molecule has 2 N–H and O–H groups in total. The fraction of sp³-hybridized carbons (Fsp3) is 0.333. The Bertz CT molecular complexity index is 304. The number of hydrogen-bond acceptors (Lipinski definition) is 1. The second kappa shape index (κ2) is 7.75. The highest BCUT2D eigenvalue weighted by atomic mass is 35.5. The third kappa shape index (κ3) is 5.22. The summed E-state index contributed by atoms with van der Waals surface area (Å²) in [5.74, 6) is 0. The quantitative estimate of drug-likeness (QED) is 0.865. The lowest BCUT2D eigenvalue weighted by Crippen LogP contribution is -2.03. The predicted octanol–water partition coefficient (Wildman–Crippen LogP) is 3.43. The normalized spacial score (nSPS) is 11.0. The van der Waals surface area contributed by atoms with Crippen molar-refractivity contribution in [3.63, 3.8) is 0 Å². The first kappa shape index (κ1) is 14.5. The summed E-state index contributed by atoms with van der Waals surface area (Å²) in [6.45, 7) is 2.64. The molecule has 0 atom stereocenters. The Kier molecular flexibility index (Phi) is 7.49. The number of halogens is 2. The molecule has 3 heteroatoms. The van der Waals surface area contributed by atoms with Crippen molar-refractivity contribution in [1.82, 2.24) is 0 Å². The van der Waals surface area contributed by atoms with Crippen molar-refractivity contribution >= 4 is 24.0 Å². The van der Waals surface area contributed by atoms with E-state index in [1.54, 1.807) is 5.54 Å². The largest absolute Gasteiger partial charge is 0.327 e. The molecule has 1 rings (SSSR count). The van der Waals surface area contributed by atoms with Crippen LogP contribution in [0.2, 0.25) is 0 Å². The zero-order valence-electron chi connectivity index (χ0n) is 8.87. The molecule has 0 radical (unpaired) electrons. The Balaban J connectivity index is 0.00000196. The molecule has 1 nitrogen and oxygen atoms in total. The van der Waals surface area contributed by atoms with Crippen molar-refractivity contribution in [3.8, 4) is 0 Å². The Morgan fingerprint density at radius 2 is 1.93 bits per heavy atom. The van der Waals surface area contributed by atoms with Crippen LogP contribution in [-0.2, 0) is 6.42 Å². The first-order valence-electron chi connectivity index (χ1n) is 4.80. The van der Waals surface area contributed by atoms with Crippen LogP contribution in [-0.4, -0.2) is 6.54 Å². The highest BCUT2D eigenvalue weighted by Crippen LogP contribution is 2.10. The number of benzene rings is 1. The van der Waals surface area contributed by atoms with Gasteiger partial charge in [-0.3, -0.25) is 0 Å². The molecule has 0 fully saturated rings. The second-order valence-corrected chi connectivity index (χ2v) is 3.68. The topological polar surface area (TPSA) is 26.0 Å². The standard InChI is InChI=1S/C12H16ClN.ClH/c1-10-2-4-11(5-3-10)6-7-12(8-13)9-14;/h2-5,8H,6-7,9,14H2,1H3;1H. The Labute approximate surface area is 103 Å². The Hall–Kier alpha value is -0.500. The van der Waals surface area contributed by atoms with Crippen LogP contribution in [0.1, 0.15) is 17.5 Å². The van der Waals surface area contributed by atoms with E-state index in [1.807, 2.05) is 0 Å². The third-order valence-electron chi connectivity index (χ3n) is 2.27. The van der Waals surface area contributed by atoms with Crippen molar-refractivity contribution < 1.29 is 0 Å². The van der Waals surface area contributed by atoms with Gasteiger partial charge in [-0.1, -0.05) is 41.4 Å². The van der Waals surface area contributed by atoms with Crippen LogP contribution < -0.4 is 5.73 Å². The van der Waals surface area contributed by atoms with E-state index in [9.17, 15) is 0 Å². The summed E-state index contributed by atoms with van der Waals surface area (Å²) in [5.41, 5.74) is 10.8. The van der Waals surface area contributed by atoms with Gasteiger partial charge < -0.3 is 5.73 Å². The van der Waals surface area contributed by atoms with Crippen LogP contribution in [0.5, 0.6) is 0 Å². The van der Waals surface area contributed by atoms with Gasteiger partial charge >= 0.3 is 0 Å². The molecule has 0 amide bonds. The maximum atomic E-state index is 5.62. The van der Waals surface area contributed by atoms with E-state index >= 15 is 0 Å². The van der Waals surface area contributed by atoms with Gasteiger partial charge in [0, 0.05) is 12.1 Å². The summed E-state index contributed by atoms with van der Waals surface area (Å²) in [6, 6.07) is 8.55. The van der Waals surface area contributed by atoms with E-state index in [-0.39, 0.29) is 12.4 Å². The minimum Gasteiger partial charge on any atom is -0.327 e. The second-order valence-electron chi connectivity index (χ2n) is 3.46. The van der Waals surface area contributed by atoms with Crippen molar-refractivity contribution in [3.05, 3.63) is 46.5 Å². The van der Waals surface area contributed by atoms with Crippen LogP contribution in [0.15, 0.2) is 35.4 Å². The molecule has 0 saturated carbocycles. The monoisotopic (exact) mass is 245 g/mol. The molecule has 15 heavy (non-hydrogen) atoms. The first-order valence-corrected chi connectivity index (χ1v) is 5.23. The van der Waals surface area contributed by atoms with Gasteiger partial charge in [0.1, 0.15) is 0 Å². The fourth-order valence-electron chi connectivity index (χ4n) is 1.26. The molecule has 0 bridgehead atoms. The van der Waals surface area contributed by atoms with Gasteiger partial charge in [0.2, 0.25) is 0 Å². The van der Waals surface area contributed by atoms with E-state index < -0.39 is 0 Å². The molecule has 0 aliphatic carbocycles. The summed E-state index contributed by atoms with van der Waals surface area (Å²) >= 11 is 5.62. The molecule has 0 aliphatic heterocycles. The molecule has 1 aromatic rings. The molecule has 84 valence electrons. The minimum absolute atomic E-state index is 0. The van der Waals surface area contributed by atoms with E-state index in [0.717, 1.165) is 18.4 Å². The predicted molar refractivity (Wildman–Crippen MR) is 69.7 cm³/mol. The fourth-order valence-corrected chi connectivity index (χ4v) is 1.46. The van der Waals surface area contributed by atoms with Crippen LogP contribution in [0.25, 0.3) is 0 Å². The lowest BCUT2D eigenvalue weighted by atomic mass is 10.0. The summed E-state index contributed by atoms with van der Waals surface area (Å²) in [7, 11) is 0. The first-order chi connectivity index (χ1) is 6.76. The average molecular weight is 246 g/mol. The maximum Gasteiger partial charge on any atom is 0.0148 e. The van der Waals surface area contributed by atoms with Crippen molar-refractivity contribution in [1.29, 1.82) is 0 Å². The maximum absolute atomic E-state index is 5.62. The molecular formula is C12H17Cl2N. The van der Waals surface area contributed by atoms with E-state index in [4.69, 9.17) is 17.3 Å². The summed E-state index contributed by atoms with van der Waals surface area (Å²) in [5, 5.41) is 0. The average Bonchev–Trinajstić information content (AvgIpc) is 2.22. The van der Waals surface area contributed by atoms with E-state index in [0.29, 0.717) is 6.54 Å². The van der Waals surface area contributed by atoms with Gasteiger partial charge in [-0.2, -0.15) is 0 Å². The molecule has 0 saturated heterocycles. The Morgan fingerprint density at radius 3 is 2.40 bits per heavy atom. The molecule has 0 unspecified atom stereocenters. The lowest BCUT2D eigenvalue weighted by Gasteiger charge is -2.03. The zero-order chi connectivity index (χ0) is 10.4. The van der Waals surface area contributed by atoms with Gasteiger partial charge in [-0.15, -0.1) is 12.4 Å². The zero-order valence-corrected chi connectivity index (χ0v) is 10.4. The minimum atomic E-state index is 0. The van der Waals surface area contributed by atoms with Crippen LogP contribution in [0.4, 0.5) is 0 Å². The summed E-state index contributed by atoms with van der Waals surface area (Å²) in [4.78, 5) is 0. The molecule has 0 spiro atoms. The summed E-state index contributed by atoms with van der Waals surface area (Å²) in [6.07, 6.45) is 1.96. The molecular weight excluding hydrogens is 229 g/mol. The van der Waals surface area contributed by atoms with Crippen molar-refractivity contribution in [2.45, 2.75) is 19.8 Å². The number of aryl methyl sites for hydroxylation is 2. The van der Waals surface area contributed by atoms with Gasteiger partial charge in [0.05, 0.1) is 0 Å².